The number of alkyl carbamates (subject to hydrolysis) is 1. The Morgan fingerprint density at radius 2 is 1.28 bits per heavy atom. The second-order valence-electron chi connectivity index (χ2n) is 8.91. The average molecular weight is 538 g/mol. The van der Waals surface area contributed by atoms with Gasteiger partial charge in [-0.25, -0.2) is 4.79 Å². The molecular formula is C25H47NO9S. The molecule has 0 saturated heterocycles. The van der Waals surface area contributed by atoms with E-state index in [1.54, 1.807) is 6.26 Å². The maximum Gasteiger partial charge on any atom is 0.407 e. The third-order valence-electron chi connectivity index (χ3n) is 4.86. The van der Waals surface area contributed by atoms with Crippen LogP contribution in [0.2, 0.25) is 0 Å². The van der Waals surface area contributed by atoms with Crippen LogP contribution in [0.15, 0.2) is 0 Å². The molecule has 1 amide bonds. The molecule has 0 aromatic rings. The van der Waals surface area contributed by atoms with Crippen LogP contribution in [0, 0.1) is 17.8 Å². The molecule has 0 fully saturated rings. The van der Waals surface area contributed by atoms with E-state index in [-0.39, 0.29) is 22.9 Å². The van der Waals surface area contributed by atoms with Crippen LogP contribution in [-0.4, -0.2) is 96.0 Å². The van der Waals surface area contributed by atoms with Gasteiger partial charge in [0, 0.05) is 13.0 Å². The van der Waals surface area contributed by atoms with Crippen LogP contribution in [-0.2, 0) is 38.0 Å². The van der Waals surface area contributed by atoms with Gasteiger partial charge in [0.15, 0.2) is 5.12 Å². The van der Waals surface area contributed by atoms with E-state index in [9.17, 15) is 14.4 Å². The fourth-order valence-corrected chi connectivity index (χ4v) is 2.93. The van der Waals surface area contributed by atoms with Crippen LogP contribution in [0.5, 0.6) is 0 Å². The first-order valence-electron chi connectivity index (χ1n) is 12.7. The Hall–Kier alpha value is -1.40. The van der Waals surface area contributed by atoms with Gasteiger partial charge in [0.25, 0.3) is 0 Å². The molecule has 1 N–H and O–H groups in total. The molecule has 2 atom stereocenters. The van der Waals surface area contributed by atoms with Crippen molar-refractivity contribution in [3.63, 3.8) is 0 Å². The van der Waals surface area contributed by atoms with Gasteiger partial charge in [0.05, 0.1) is 72.0 Å². The van der Waals surface area contributed by atoms with E-state index < -0.39 is 6.09 Å². The summed E-state index contributed by atoms with van der Waals surface area (Å²) in [6.07, 6.45) is 3.16. The molecule has 0 heterocycles. The van der Waals surface area contributed by atoms with Gasteiger partial charge in [-0.3, -0.25) is 9.59 Å². The highest BCUT2D eigenvalue weighted by atomic mass is 32.2. The molecule has 0 aliphatic rings. The zero-order chi connectivity index (χ0) is 27.0. The van der Waals surface area contributed by atoms with Crippen molar-refractivity contribution in [3.05, 3.63) is 0 Å². The van der Waals surface area contributed by atoms with Gasteiger partial charge in [0.1, 0.15) is 0 Å². The predicted molar refractivity (Wildman–Crippen MR) is 139 cm³/mol. The van der Waals surface area contributed by atoms with Crippen molar-refractivity contribution in [1.82, 2.24) is 5.32 Å². The van der Waals surface area contributed by atoms with Crippen LogP contribution in [0.25, 0.3) is 0 Å². The number of carbonyl (C=O) groups is 3. The summed E-state index contributed by atoms with van der Waals surface area (Å²) in [5, 5.41) is 2.76. The van der Waals surface area contributed by atoms with Crippen molar-refractivity contribution in [1.29, 1.82) is 0 Å². The SMILES string of the molecule is CSC(=O)CCOCCOCCOCCOCCNC(=O)OCC(C)CCC(C)C(=O)OCC(C)C. The fourth-order valence-electron chi connectivity index (χ4n) is 2.64. The minimum Gasteiger partial charge on any atom is -0.465 e. The topological polar surface area (TPSA) is 119 Å². The number of esters is 1. The largest absolute Gasteiger partial charge is 0.465 e. The van der Waals surface area contributed by atoms with Crippen molar-refractivity contribution >= 4 is 28.9 Å². The van der Waals surface area contributed by atoms with E-state index in [2.05, 4.69) is 5.32 Å². The summed E-state index contributed by atoms with van der Waals surface area (Å²) in [7, 11) is 0. The van der Waals surface area contributed by atoms with Gasteiger partial charge in [0.2, 0.25) is 0 Å². The highest BCUT2D eigenvalue weighted by Gasteiger charge is 2.17. The number of ether oxygens (including phenoxy) is 6. The van der Waals surface area contributed by atoms with E-state index in [0.717, 1.165) is 6.42 Å². The predicted octanol–water partition coefficient (Wildman–Crippen LogP) is 3.31. The molecule has 0 radical (unpaired) electrons. The number of hydrogen-bond donors (Lipinski definition) is 1. The zero-order valence-electron chi connectivity index (χ0n) is 22.7. The molecule has 0 aliphatic heterocycles. The second-order valence-corrected chi connectivity index (χ2v) is 9.77. The second kappa shape index (κ2) is 24.0. The summed E-state index contributed by atoms with van der Waals surface area (Å²) < 4.78 is 31.9. The summed E-state index contributed by atoms with van der Waals surface area (Å²) in [4.78, 5) is 34.8. The van der Waals surface area contributed by atoms with Gasteiger partial charge in [-0.15, -0.1) is 0 Å². The van der Waals surface area contributed by atoms with Gasteiger partial charge >= 0.3 is 12.1 Å². The van der Waals surface area contributed by atoms with Crippen molar-refractivity contribution in [2.45, 2.75) is 47.0 Å². The average Bonchev–Trinajstić information content (AvgIpc) is 2.86. The number of nitrogens with one attached hydrogen (secondary N) is 1. The zero-order valence-corrected chi connectivity index (χ0v) is 23.5. The van der Waals surface area contributed by atoms with E-state index in [1.807, 2.05) is 27.7 Å². The maximum absolute atomic E-state index is 11.9. The molecule has 212 valence electrons. The third-order valence-corrected chi connectivity index (χ3v) is 5.52. The molecule has 0 saturated carbocycles. The summed E-state index contributed by atoms with van der Waals surface area (Å²) in [5.41, 5.74) is 0. The van der Waals surface area contributed by atoms with Crippen molar-refractivity contribution in [2.75, 3.05) is 78.9 Å². The van der Waals surface area contributed by atoms with E-state index >= 15 is 0 Å². The lowest BCUT2D eigenvalue weighted by atomic mass is 9.99. The third kappa shape index (κ3) is 23.0. The Morgan fingerprint density at radius 3 is 1.83 bits per heavy atom. The normalized spacial score (nSPS) is 12.8. The lowest BCUT2D eigenvalue weighted by Crippen LogP contribution is -2.29. The smallest absolute Gasteiger partial charge is 0.407 e. The number of hydrogen-bond acceptors (Lipinski definition) is 10. The molecule has 11 heteroatoms. The monoisotopic (exact) mass is 537 g/mol. The standard InChI is InChI=1S/C25H47NO9S/c1-20(2)18-34-24(28)22(4)7-6-21(3)19-35-25(29)26-9-11-31-13-15-33-17-16-32-14-12-30-10-8-23(27)36-5/h20-22H,6-19H2,1-5H3,(H,26,29). The Bertz CT molecular complexity index is 578. The van der Waals surface area contributed by atoms with Crippen molar-refractivity contribution in [3.8, 4) is 0 Å². The first-order valence-corrected chi connectivity index (χ1v) is 13.9. The van der Waals surface area contributed by atoms with E-state index in [1.165, 1.54) is 11.8 Å². The van der Waals surface area contributed by atoms with Crippen LogP contribution in [0.3, 0.4) is 0 Å². The molecule has 10 nitrogen and oxygen atoms in total. The number of amides is 1. The minimum absolute atomic E-state index is 0.118. The van der Waals surface area contributed by atoms with Gasteiger partial charge in [-0.1, -0.05) is 39.5 Å². The summed E-state index contributed by atoms with van der Waals surface area (Å²) >= 11 is 1.21. The highest BCUT2D eigenvalue weighted by molar-refractivity contribution is 8.13. The molecule has 0 bridgehead atoms. The van der Waals surface area contributed by atoms with E-state index in [0.29, 0.717) is 91.4 Å². The number of thioether (sulfide) groups is 1. The Morgan fingerprint density at radius 1 is 0.722 bits per heavy atom. The van der Waals surface area contributed by atoms with Crippen LogP contribution in [0.4, 0.5) is 4.79 Å². The van der Waals surface area contributed by atoms with Crippen molar-refractivity contribution in [2.24, 2.45) is 17.8 Å². The number of carbonyl (C=O) groups excluding carboxylic acids is 3. The van der Waals surface area contributed by atoms with Gasteiger partial charge in [-0.2, -0.15) is 0 Å². The first kappa shape index (κ1) is 34.6. The van der Waals surface area contributed by atoms with Gasteiger partial charge < -0.3 is 33.7 Å². The molecule has 0 aromatic carbocycles. The molecule has 36 heavy (non-hydrogen) atoms. The van der Waals surface area contributed by atoms with Gasteiger partial charge in [-0.05, 0) is 30.9 Å². The highest BCUT2D eigenvalue weighted by Crippen LogP contribution is 2.14. The summed E-state index contributed by atoms with van der Waals surface area (Å²) in [6, 6.07) is 0. The summed E-state index contributed by atoms with van der Waals surface area (Å²) in [5.74, 6) is 0.133. The van der Waals surface area contributed by atoms with Crippen LogP contribution >= 0.6 is 11.8 Å². The summed E-state index contributed by atoms with van der Waals surface area (Å²) in [6.45, 7) is 12.4. The molecule has 0 aromatic heterocycles. The van der Waals surface area contributed by atoms with Crippen LogP contribution in [0.1, 0.15) is 47.0 Å². The lowest BCUT2D eigenvalue weighted by Gasteiger charge is -2.16. The van der Waals surface area contributed by atoms with Crippen LogP contribution < -0.4 is 5.32 Å². The maximum atomic E-state index is 11.9. The fraction of sp³-hybridized carbons (Fsp3) is 0.880. The number of rotatable bonds is 23. The Balaban J connectivity index is 3.46. The minimum atomic E-state index is -0.483. The molecule has 0 aliphatic carbocycles. The van der Waals surface area contributed by atoms with E-state index in [4.69, 9.17) is 28.4 Å². The molecule has 0 spiro atoms. The first-order chi connectivity index (χ1) is 17.3. The molecular weight excluding hydrogens is 490 g/mol. The van der Waals surface area contributed by atoms with Crippen molar-refractivity contribution < 1.29 is 42.8 Å². The molecule has 0 rings (SSSR count). The Kier molecular flexibility index (Phi) is 23.0. The quantitative estimate of drug-likeness (QED) is 0.154. The lowest BCUT2D eigenvalue weighted by molar-refractivity contribution is -0.149. The Labute approximate surface area is 220 Å². The molecule has 2 unspecified atom stereocenters.